The van der Waals surface area contributed by atoms with Crippen molar-refractivity contribution in [3.8, 4) is 0 Å². The molecule has 1 aliphatic carbocycles. The van der Waals surface area contributed by atoms with Gasteiger partial charge in [0, 0.05) is 19.4 Å². The van der Waals surface area contributed by atoms with Gasteiger partial charge in [-0.3, -0.25) is 9.69 Å². The van der Waals surface area contributed by atoms with Crippen LogP contribution in [0.2, 0.25) is 0 Å². The fraction of sp³-hybridized carbons (Fsp3) is 0.667. The van der Waals surface area contributed by atoms with Gasteiger partial charge in [-0.1, -0.05) is 12.8 Å². The minimum Gasteiger partial charge on any atom is -0.480 e. The van der Waals surface area contributed by atoms with E-state index in [1.54, 1.807) is 6.20 Å². The molecule has 5 heteroatoms. The van der Waals surface area contributed by atoms with Crippen LogP contribution in [0.15, 0.2) is 12.4 Å². The Bertz CT molecular complexity index is 408. The van der Waals surface area contributed by atoms with Crippen molar-refractivity contribution in [1.29, 1.82) is 0 Å². The van der Waals surface area contributed by atoms with Crippen LogP contribution in [0.25, 0.3) is 0 Å². The number of carboxylic acid groups (broad SMARTS) is 1. The SMILES string of the molecule is CN(Cc1nccn1C)C1(C(=O)O)CCCC1. The number of imidazole rings is 1. The van der Waals surface area contributed by atoms with Crippen molar-refractivity contribution in [3.05, 3.63) is 18.2 Å². The van der Waals surface area contributed by atoms with Crippen LogP contribution < -0.4 is 0 Å². The van der Waals surface area contributed by atoms with Gasteiger partial charge in [-0.15, -0.1) is 0 Å². The molecule has 1 aromatic heterocycles. The molecular formula is C12H19N3O2. The fourth-order valence-corrected chi connectivity index (χ4v) is 2.63. The average Bonchev–Trinajstić information content (AvgIpc) is 2.89. The summed E-state index contributed by atoms with van der Waals surface area (Å²) in [4.78, 5) is 17.7. The van der Waals surface area contributed by atoms with Gasteiger partial charge in [0.25, 0.3) is 0 Å². The number of aromatic nitrogens is 2. The largest absolute Gasteiger partial charge is 0.480 e. The Hall–Kier alpha value is -1.36. The van der Waals surface area contributed by atoms with Crippen LogP contribution in [-0.4, -0.2) is 38.1 Å². The van der Waals surface area contributed by atoms with E-state index in [1.165, 1.54) is 0 Å². The summed E-state index contributed by atoms with van der Waals surface area (Å²) in [6.07, 6.45) is 7.09. The third kappa shape index (κ3) is 2.07. The van der Waals surface area contributed by atoms with Crippen LogP contribution >= 0.6 is 0 Å². The highest BCUT2D eigenvalue weighted by atomic mass is 16.4. The molecular weight excluding hydrogens is 218 g/mol. The zero-order valence-electron chi connectivity index (χ0n) is 10.4. The van der Waals surface area contributed by atoms with Gasteiger partial charge in [-0.2, -0.15) is 0 Å². The smallest absolute Gasteiger partial charge is 0.324 e. The number of rotatable bonds is 4. The fourth-order valence-electron chi connectivity index (χ4n) is 2.63. The highest BCUT2D eigenvalue weighted by molar-refractivity contribution is 5.79. The molecule has 1 N–H and O–H groups in total. The van der Waals surface area contributed by atoms with Gasteiger partial charge in [0.1, 0.15) is 11.4 Å². The lowest BCUT2D eigenvalue weighted by Crippen LogP contribution is -2.50. The van der Waals surface area contributed by atoms with E-state index in [0.29, 0.717) is 6.54 Å². The van der Waals surface area contributed by atoms with Crippen molar-refractivity contribution < 1.29 is 9.90 Å². The Kier molecular flexibility index (Phi) is 3.19. The maximum Gasteiger partial charge on any atom is 0.324 e. The molecule has 2 rings (SSSR count). The van der Waals surface area contributed by atoms with Crippen LogP contribution in [0.5, 0.6) is 0 Å². The van der Waals surface area contributed by atoms with Gasteiger partial charge >= 0.3 is 5.97 Å². The van der Waals surface area contributed by atoms with Crippen LogP contribution in [0.1, 0.15) is 31.5 Å². The summed E-state index contributed by atoms with van der Waals surface area (Å²) in [6, 6.07) is 0. The summed E-state index contributed by atoms with van der Waals surface area (Å²) < 4.78 is 1.93. The quantitative estimate of drug-likeness (QED) is 0.856. The number of aliphatic carboxylic acids is 1. The number of carboxylic acids is 1. The summed E-state index contributed by atoms with van der Waals surface area (Å²) in [5.41, 5.74) is -0.689. The molecule has 5 nitrogen and oxygen atoms in total. The van der Waals surface area contributed by atoms with Gasteiger partial charge in [0.05, 0.1) is 6.54 Å². The first-order valence-electron chi connectivity index (χ1n) is 5.97. The zero-order chi connectivity index (χ0) is 12.5. The Morgan fingerprint density at radius 2 is 2.24 bits per heavy atom. The van der Waals surface area contributed by atoms with Gasteiger partial charge in [0.15, 0.2) is 0 Å². The highest BCUT2D eigenvalue weighted by Gasteiger charge is 2.44. The molecule has 1 saturated carbocycles. The Balaban J connectivity index is 2.15. The maximum atomic E-state index is 11.5. The number of likely N-dealkylation sites (N-methyl/N-ethyl adjacent to an activating group) is 1. The first-order chi connectivity index (χ1) is 8.06. The number of carbonyl (C=O) groups is 1. The normalized spacial score (nSPS) is 18.8. The second-order valence-corrected chi connectivity index (χ2v) is 4.85. The van der Waals surface area contributed by atoms with Gasteiger partial charge in [-0.25, -0.2) is 4.98 Å². The third-order valence-corrected chi connectivity index (χ3v) is 3.86. The van der Waals surface area contributed by atoms with Gasteiger partial charge in [0.2, 0.25) is 0 Å². The van der Waals surface area contributed by atoms with Crippen LogP contribution in [0.4, 0.5) is 0 Å². The Labute approximate surface area is 101 Å². The van der Waals surface area contributed by atoms with Crippen molar-refractivity contribution >= 4 is 5.97 Å². The first-order valence-corrected chi connectivity index (χ1v) is 5.97. The molecule has 0 amide bonds. The van der Waals surface area contributed by atoms with E-state index in [1.807, 2.05) is 29.8 Å². The lowest BCUT2D eigenvalue weighted by atomic mass is 9.96. The molecule has 0 spiro atoms. The summed E-state index contributed by atoms with van der Waals surface area (Å²) in [5, 5.41) is 9.46. The van der Waals surface area contributed by atoms with E-state index in [4.69, 9.17) is 0 Å². The van der Waals surface area contributed by atoms with E-state index < -0.39 is 11.5 Å². The zero-order valence-corrected chi connectivity index (χ0v) is 10.4. The molecule has 0 radical (unpaired) electrons. The number of aryl methyl sites for hydroxylation is 1. The van der Waals surface area contributed by atoms with Crippen molar-refractivity contribution in [2.45, 2.75) is 37.8 Å². The Morgan fingerprint density at radius 1 is 1.59 bits per heavy atom. The number of hydrogen-bond acceptors (Lipinski definition) is 3. The van der Waals surface area contributed by atoms with E-state index in [0.717, 1.165) is 31.5 Å². The molecule has 1 aliphatic rings. The van der Waals surface area contributed by atoms with Gasteiger partial charge in [-0.05, 0) is 19.9 Å². The molecule has 94 valence electrons. The van der Waals surface area contributed by atoms with Crippen molar-refractivity contribution in [1.82, 2.24) is 14.5 Å². The molecule has 1 heterocycles. The summed E-state index contributed by atoms with van der Waals surface area (Å²) in [7, 11) is 3.81. The highest BCUT2D eigenvalue weighted by Crippen LogP contribution is 2.35. The summed E-state index contributed by atoms with van der Waals surface area (Å²) >= 11 is 0. The van der Waals surface area contributed by atoms with Crippen molar-refractivity contribution in [2.24, 2.45) is 7.05 Å². The maximum absolute atomic E-state index is 11.5. The molecule has 0 aliphatic heterocycles. The van der Waals surface area contributed by atoms with E-state index in [-0.39, 0.29) is 0 Å². The standard InChI is InChI=1S/C12H19N3O2/c1-14-8-7-13-10(14)9-15(2)12(11(16)17)5-3-4-6-12/h7-8H,3-6,9H2,1-2H3,(H,16,17). The van der Waals surface area contributed by atoms with Crippen LogP contribution in [0, 0.1) is 0 Å². The predicted molar refractivity (Wildman–Crippen MR) is 63.5 cm³/mol. The molecule has 0 aromatic carbocycles. The molecule has 1 aromatic rings. The average molecular weight is 237 g/mol. The van der Waals surface area contributed by atoms with Crippen molar-refractivity contribution in [2.75, 3.05) is 7.05 Å². The number of nitrogens with zero attached hydrogens (tertiary/aromatic N) is 3. The minimum absolute atomic E-state index is 0.579. The summed E-state index contributed by atoms with van der Waals surface area (Å²) in [5.74, 6) is 0.201. The van der Waals surface area contributed by atoms with Crippen LogP contribution in [-0.2, 0) is 18.4 Å². The second kappa shape index (κ2) is 4.49. The van der Waals surface area contributed by atoms with Crippen LogP contribution in [0.3, 0.4) is 0 Å². The molecule has 0 saturated heterocycles. The minimum atomic E-state index is -0.702. The molecule has 0 atom stereocenters. The number of hydrogen-bond donors (Lipinski definition) is 1. The molecule has 0 unspecified atom stereocenters. The molecule has 1 fully saturated rings. The summed E-state index contributed by atoms with van der Waals surface area (Å²) in [6.45, 7) is 0.579. The van der Waals surface area contributed by atoms with E-state index >= 15 is 0 Å². The van der Waals surface area contributed by atoms with E-state index in [2.05, 4.69) is 4.98 Å². The van der Waals surface area contributed by atoms with Crippen molar-refractivity contribution in [3.63, 3.8) is 0 Å². The Morgan fingerprint density at radius 3 is 2.71 bits per heavy atom. The lowest BCUT2D eigenvalue weighted by molar-refractivity contribution is -0.151. The second-order valence-electron chi connectivity index (χ2n) is 4.85. The third-order valence-electron chi connectivity index (χ3n) is 3.86. The molecule has 17 heavy (non-hydrogen) atoms. The van der Waals surface area contributed by atoms with E-state index in [9.17, 15) is 9.90 Å². The lowest BCUT2D eigenvalue weighted by Gasteiger charge is -2.34. The monoisotopic (exact) mass is 237 g/mol. The first kappa shape index (κ1) is 12.1. The predicted octanol–water partition coefficient (Wildman–Crippen LogP) is 1.25. The molecule has 0 bridgehead atoms. The van der Waals surface area contributed by atoms with Gasteiger partial charge < -0.3 is 9.67 Å². The topological polar surface area (TPSA) is 58.4 Å².